The molecule has 0 spiro atoms. The van der Waals surface area contributed by atoms with Gasteiger partial charge >= 0.3 is 5.97 Å². The largest absolute Gasteiger partial charge is 0.477 e. The standard InChI is InChI=1S/C10H13NO2S/c12-10(13)9-5-7(6-14-9)8-3-1-2-4-11-8/h5-6,8,11H,1-4H2,(H,12,13). The third kappa shape index (κ3) is 1.96. The van der Waals surface area contributed by atoms with E-state index in [9.17, 15) is 4.79 Å². The molecule has 76 valence electrons. The molecule has 2 heterocycles. The zero-order valence-electron chi connectivity index (χ0n) is 7.82. The molecule has 14 heavy (non-hydrogen) atoms. The van der Waals surface area contributed by atoms with E-state index >= 15 is 0 Å². The van der Waals surface area contributed by atoms with Gasteiger partial charge in [-0.05, 0) is 36.4 Å². The topological polar surface area (TPSA) is 49.3 Å². The highest BCUT2D eigenvalue weighted by molar-refractivity contribution is 7.12. The van der Waals surface area contributed by atoms with Crippen molar-refractivity contribution in [3.63, 3.8) is 0 Å². The first-order valence-electron chi connectivity index (χ1n) is 4.82. The van der Waals surface area contributed by atoms with Gasteiger partial charge in [-0.3, -0.25) is 0 Å². The number of rotatable bonds is 2. The van der Waals surface area contributed by atoms with Crippen LogP contribution < -0.4 is 5.32 Å². The molecule has 1 aromatic heterocycles. The van der Waals surface area contributed by atoms with E-state index in [0.29, 0.717) is 10.9 Å². The van der Waals surface area contributed by atoms with E-state index in [1.54, 1.807) is 6.07 Å². The smallest absolute Gasteiger partial charge is 0.345 e. The van der Waals surface area contributed by atoms with Crippen LogP contribution in [0.15, 0.2) is 11.4 Å². The first kappa shape index (κ1) is 9.68. The Balaban J connectivity index is 2.11. The highest BCUT2D eigenvalue weighted by Crippen LogP contribution is 2.26. The molecule has 0 aliphatic carbocycles. The van der Waals surface area contributed by atoms with Crippen molar-refractivity contribution >= 4 is 17.3 Å². The Morgan fingerprint density at radius 3 is 3.00 bits per heavy atom. The Hall–Kier alpha value is -0.870. The molecule has 0 aromatic carbocycles. The summed E-state index contributed by atoms with van der Waals surface area (Å²) in [5.74, 6) is -0.822. The van der Waals surface area contributed by atoms with Gasteiger partial charge < -0.3 is 10.4 Å². The third-order valence-corrected chi connectivity index (χ3v) is 3.48. The molecule has 1 aliphatic rings. The molecule has 0 saturated carbocycles. The zero-order chi connectivity index (χ0) is 9.97. The van der Waals surface area contributed by atoms with Crippen LogP contribution in [0.3, 0.4) is 0 Å². The molecule has 1 aliphatic heterocycles. The number of hydrogen-bond donors (Lipinski definition) is 2. The molecule has 1 unspecified atom stereocenters. The zero-order valence-corrected chi connectivity index (χ0v) is 8.64. The summed E-state index contributed by atoms with van der Waals surface area (Å²) in [5.41, 5.74) is 1.13. The predicted octanol–water partition coefficient (Wildman–Crippen LogP) is 2.26. The maximum Gasteiger partial charge on any atom is 0.345 e. The number of carboxylic acid groups (broad SMARTS) is 1. The third-order valence-electron chi connectivity index (χ3n) is 2.54. The number of piperidine rings is 1. The fourth-order valence-corrected chi connectivity index (χ4v) is 2.58. The lowest BCUT2D eigenvalue weighted by Crippen LogP contribution is -2.26. The van der Waals surface area contributed by atoms with Crippen LogP contribution in [-0.4, -0.2) is 17.6 Å². The summed E-state index contributed by atoms with van der Waals surface area (Å²) in [6.07, 6.45) is 3.58. The van der Waals surface area contributed by atoms with Crippen molar-refractivity contribution in [1.82, 2.24) is 5.32 Å². The lowest BCUT2D eigenvalue weighted by atomic mass is 10.00. The summed E-state index contributed by atoms with van der Waals surface area (Å²) in [5, 5.41) is 14.1. The Labute approximate surface area is 86.8 Å². The first-order chi connectivity index (χ1) is 6.77. The normalized spacial score (nSPS) is 22.1. The molecule has 2 rings (SSSR count). The van der Waals surface area contributed by atoms with Crippen LogP contribution in [-0.2, 0) is 0 Å². The molecule has 1 saturated heterocycles. The summed E-state index contributed by atoms with van der Waals surface area (Å²) >= 11 is 1.31. The van der Waals surface area contributed by atoms with Gasteiger partial charge in [0.1, 0.15) is 4.88 Å². The van der Waals surface area contributed by atoms with Gasteiger partial charge in [-0.15, -0.1) is 11.3 Å². The van der Waals surface area contributed by atoms with Crippen LogP contribution in [0.4, 0.5) is 0 Å². The van der Waals surface area contributed by atoms with Crippen LogP contribution >= 0.6 is 11.3 Å². The molecule has 1 fully saturated rings. The molecule has 4 heteroatoms. The van der Waals surface area contributed by atoms with Crippen molar-refractivity contribution in [2.75, 3.05) is 6.54 Å². The van der Waals surface area contributed by atoms with Crippen LogP contribution in [0.2, 0.25) is 0 Å². The first-order valence-corrected chi connectivity index (χ1v) is 5.70. The van der Waals surface area contributed by atoms with E-state index in [-0.39, 0.29) is 0 Å². The molecule has 0 radical (unpaired) electrons. The Morgan fingerprint density at radius 2 is 2.43 bits per heavy atom. The van der Waals surface area contributed by atoms with Gasteiger partial charge in [0, 0.05) is 6.04 Å². The maximum atomic E-state index is 10.7. The number of carbonyl (C=O) groups is 1. The summed E-state index contributed by atoms with van der Waals surface area (Å²) in [6.45, 7) is 1.04. The van der Waals surface area contributed by atoms with Gasteiger partial charge in [0.15, 0.2) is 0 Å². The van der Waals surface area contributed by atoms with Crippen LogP contribution in [0.25, 0.3) is 0 Å². The van der Waals surface area contributed by atoms with Gasteiger partial charge in [0.25, 0.3) is 0 Å². The molecule has 0 bridgehead atoms. The van der Waals surface area contributed by atoms with Gasteiger partial charge in [0.2, 0.25) is 0 Å². The molecule has 0 amide bonds. The van der Waals surface area contributed by atoms with E-state index in [1.807, 2.05) is 5.38 Å². The van der Waals surface area contributed by atoms with Crippen molar-refractivity contribution in [1.29, 1.82) is 0 Å². The van der Waals surface area contributed by atoms with Gasteiger partial charge in [-0.2, -0.15) is 0 Å². The van der Waals surface area contributed by atoms with E-state index in [1.165, 1.54) is 24.2 Å². The minimum Gasteiger partial charge on any atom is -0.477 e. The monoisotopic (exact) mass is 211 g/mol. The number of aromatic carboxylic acids is 1. The lowest BCUT2D eigenvalue weighted by molar-refractivity contribution is 0.0702. The SMILES string of the molecule is O=C(O)c1cc(C2CCCCN2)cs1. The number of nitrogens with one attached hydrogen (secondary N) is 1. The predicted molar refractivity (Wildman–Crippen MR) is 55.9 cm³/mol. The van der Waals surface area contributed by atoms with Crippen LogP contribution in [0.1, 0.15) is 40.5 Å². The molecular formula is C10H13NO2S. The van der Waals surface area contributed by atoms with Crippen molar-refractivity contribution in [2.24, 2.45) is 0 Å². The van der Waals surface area contributed by atoms with E-state index in [0.717, 1.165) is 18.5 Å². The molecule has 1 atom stereocenters. The van der Waals surface area contributed by atoms with E-state index < -0.39 is 5.97 Å². The fourth-order valence-electron chi connectivity index (χ4n) is 1.78. The second-order valence-corrected chi connectivity index (χ2v) is 4.46. The Bertz CT molecular complexity index is 329. The average molecular weight is 211 g/mol. The second kappa shape index (κ2) is 4.11. The maximum absolute atomic E-state index is 10.7. The summed E-state index contributed by atoms with van der Waals surface area (Å²) in [6, 6.07) is 2.16. The second-order valence-electron chi connectivity index (χ2n) is 3.55. The van der Waals surface area contributed by atoms with Gasteiger partial charge in [-0.25, -0.2) is 4.79 Å². The van der Waals surface area contributed by atoms with Crippen LogP contribution in [0.5, 0.6) is 0 Å². The average Bonchev–Trinajstić information content (AvgIpc) is 2.68. The molecule has 1 aromatic rings. The minimum absolute atomic E-state index is 0.369. The van der Waals surface area contributed by atoms with Crippen molar-refractivity contribution in [2.45, 2.75) is 25.3 Å². The van der Waals surface area contributed by atoms with Gasteiger partial charge in [0.05, 0.1) is 0 Å². The summed E-state index contributed by atoms with van der Waals surface area (Å²) < 4.78 is 0. The highest BCUT2D eigenvalue weighted by Gasteiger charge is 2.17. The molecular weight excluding hydrogens is 198 g/mol. The fraction of sp³-hybridized carbons (Fsp3) is 0.500. The van der Waals surface area contributed by atoms with Crippen molar-refractivity contribution in [3.05, 3.63) is 21.9 Å². The summed E-state index contributed by atoms with van der Waals surface area (Å²) in [4.78, 5) is 11.1. The number of carboxylic acids is 1. The quantitative estimate of drug-likeness (QED) is 0.789. The van der Waals surface area contributed by atoms with Gasteiger partial charge in [-0.1, -0.05) is 6.42 Å². The number of hydrogen-bond acceptors (Lipinski definition) is 3. The Kier molecular flexibility index (Phi) is 2.84. The van der Waals surface area contributed by atoms with Crippen molar-refractivity contribution in [3.8, 4) is 0 Å². The Morgan fingerprint density at radius 1 is 1.57 bits per heavy atom. The van der Waals surface area contributed by atoms with E-state index in [2.05, 4.69) is 5.32 Å². The number of thiophene rings is 1. The van der Waals surface area contributed by atoms with E-state index in [4.69, 9.17) is 5.11 Å². The van der Waals surface area contributed by atoms with Crippen molar-refractivity contribution < 1.29 is 9.90 Å². The molecule has 2 N–H and O–H groups in total. The minimum atomic E-state index is -0.822. The summed E-state index contributed by atoms with van der Waals surface area (Å²) in [7, 11) is 0. The lowest BCUT2D eigenvalue weighted by Gasteiger charge is -2.22. The van der Waals surface area contributed by atoms with Crippen LogP contribution in [0, 0.1) is 0 Å². The molecule has 3 nitrogen and oxygen atoms in total. The highest BCUT2D eigenvalue weighted by atomic mass is 32.1.